The van der Waals surface area contributed by atoms with Crippen molar-refractivity contribution in [2.75, 3.05) is 0 Å². The Morgan fingerprint density at radius 1 is 1.04 bits per heavy atom. The maximum Gasteiger partial charge on any atom is 0.190 e. The van der Waals surface area contributed by atoms with Crippen LogP contribution in [0.15, 0.2) is 65.0 Å². The first kappa shape index (κ1) is 16.6. The zero-order chi connectivity index (χ0) is 17.2. The van der Waals surface area contributed by atoms with Crippen LogP contribution >= 0.6 is 34.3 Å². The van der Waals surface area contributed by atoms with Crippen LogP contribution in [0.2, 0.25) is 4.34 Å². The molecule has 0 radical (unpaired) electrons. The second-order valence-electron chi connectivity index (χ2n) is 5.77. The molecule has 0 aliphatic heterocycles. The molecule has 2 aromatic heterocycles. The molecule has 0 aliphatic carbocycles. The minimum Gasteiger partial charge on any atom is -0.316 e. The quantitative estimate of drug-likeness (QED) is 0.371. The lowest BCUT2D eigenvalue weighted by Crippen LogP contribution is -2.15. The van der Waals surface area contributed by atoms with Crippen molar-refractivity contribution in [3.05, 3.63) is 69.1 Å². The van der Waals surface area contributed by atoms with Crippen molar-refractivity contribution < 1.29 is 0 Å². The number of hydrogen-bond donors (Lipinski definition) is 0. The summed E-state index contributed by atoms with van der Waals surface area (Å²) in [5, 5.41) is 4.58. The van der Waals surface area contributed by atoms with Gasteiger partial charge in [-0.25, -0.2) is 4.99 Å². The highest BCUT2D eigenvalue weighted by atomic mass is 35.5. The Bertz CT molecular complexity index is 1080. The molecule has 0 unspecified atom stereocenters. The van der Waals surface area contributed by atoms with Crippen LogP contribution in [0, 0.1) is 0 Å². The van der Waals surface area contributed by atoms with Gasteiger partial charge in [-0.3, -0.25) is 0 Å². The summed E-state index contributed by atoms with van der Waals surface area (Å²) in [4.78, 5) is 7.21. The van der Waals surface area contributed by atoms with Crippen LogP contribution in [-0.2, 0) is 6.54 Å². The highest BCUT2D eigenvalue weighted by Crippen LogP contribution is 2.32. The highest BCUT2D eigenvalue weighted by molar-refractivity contribution is 7.19. The van der Waals surface area contributed by atoms with Gasteiger partial charge in [-0.05, 0) is 30.0 Å². The maximum absolute atomic E-state index is 6.13. The summed E-state index contributed by atoms with van der Waals surface area (Å²) < 4.78 is 3.12. The van der Waals surface area contributed by atoms with Crippen LogP contribution in [0.25, 0.3) is 21.3 Å². The molecule has 0 N–H and O–H groups in total. The molecule has 2 heterocycles. The Morgan fingerprint density at radius 2 is 1.88 bits per heavy atom. The van der Waals surface area contributed by atoms with E-state index >= 15 is 0 Å². The second-order valence-corrected chi connectivity index (χ2v) is 8.32. The van der Waals surface area contributed by atoms with Crippen molar-refractivity contribution in [3.63, 3.8) is 0 Å². The average molecular weight is 385 g/mol. The minimum absolute atomic E-state index is 0.816. The summed E-state index contributed by atoms with van der Waals surface area (Å²) in [5.41, 5.74) is 2.21. The van der Waals surface area contributed by atoms with E-state index in [1.807, 2.05) is 6.07 Å². The molecule has 0 spiro atoms. The molecule has 4 aromatic rings. The van der Waals surface area contributed by atoms with E-state index in [1.165, 1.54) is 21.3 Å². The number of benzene rings is 2. The molecule has 4 rings (SSSR count). The Morgan fingerprint density at radius 3 is 2.68 bits per heavy atom. The van der Waals surface area contributed by atoms with Crippen LogP contribution in [0.5, 0.6) is 0 Å². The summed E-state index contributed by atoms with van der Waals surface area (Å²) in [6.45, 7) is 3.13. The predicted octanol–water partition coefficient (Wildman–Crippen LogP) is 6.73. The lowest BCUT2D eigenvalue weighted by Gasteiger charge is -2.06. The zero-order valence-corrected chi connectivity index (χ0v) is 16.2. The van der Waals surface area contributed by atoms with E-state index in [-0.39, 0.29) is 0 Å². The van der Waals surface area contributed by atoms with E-state index in [1.54, 1.807) is 22.7 Å². The number of thiazole rings is 1. The third-order valence-electron chi connectivity index (χ3n) is 4.05. The van der Waals surface area contributed by atoms with Gasteiger partial charge in [0.2, 0.25) is 0 Å². The second kappa shape index (κ2) is 7.16. The monoisotopic (exact) mass is 384 g/mol. The van der Waals surface area contributed by atoms with Crippen LogP contribution in [0.1, 0.15) is 13.3 Å². The van der Waals surface area contributed by atoms with Gasteiger partial charge in [0.25, 0.3) is 0 Å². The largest absolute Gasteiger partial charge is 0.316 e. The van der Waals surface area contributed by atoms with Crippen molar-refractivity contribution >= 4 is 50.7 Å². The lowest BCUT2D eigenvalue weighted by atomic mass is 10.1. The Hall–Kier alpha value is -1.88. The van der Waals surface area contributed by atoms with Gasteiger partial charge in [0.05, 0.1) is 20.6 Å². The fourth-order valence-electron chi connectivity index (χ4n) is 2.92. The molecule has 0 fully saturated rings. The normalized spacial score (nSPS) is 12.2. The third kappa shape index (κ3) is 3.30. The first-order chi connectivity index (χ1) is 12.3. The molecule has 0 atom stereocenters. The Labute approximate surface area is 159 Å². The molecule has 0 amide bonds. The molecule has 0 aliphatic rings. The third-order valence-corrected chi connectivity index (χ3v) is 6.17. The zero-order valence-electron chi connectivity index (χ0n) is 13.8. The fraction of sp³-hybridized carbons (Fsp3) is 0.150. The van der Waals surface area contributed by atoms with Gasteiger partial charge in [-0.2, -0.15) is 0 Å². The van der Waals surface area contributed by atoms with Crippen LogP contribution in [-0.4, -0.2) is 4.57 Å². The molecule has 0 saturated carbocycles. The Balaban J connectivity index is 1.90. The van der Waals surface area contributed by atoms with Gasteiger partial charge in [0, 0.05) is 17.3 Å². The van der Waals surface area contributed by atoms with Crippen molar-refractivity contribution in [2.24, 2.45) is 4.99 Å². The summed E-state index contributed by atoms with van der Waals surface area (Å²) in [6, 6.07) is 18.7. The number of fused-ring (bicyclic) bond motifs is 1. The number of hydrogen-bond acceptors (Lipinski definition) is 3. The minimum atomic E-state index is 0.816. The van der Waals surface area contributed by atoms with Gasteiger partial charge < -0.3 is 4.57 Å². The summed E-state index contributed by atoms with van der Waals surface area (Å²) in [6.07, 6.45) is 1.06. The van der Waals surface area contributed by atoms with E-state index in [2.05, 4.69) is 65.4 Å². The van der Waals surface area contributed by atoms with E-state index in [9.17, 15) is 0 Å². The number of nitrogens with zero attached hydrogens (tertiary/aromatic N) is 2. The maximum atomic E-state index is 6.13. The molecule has 5 heteroatoms. The Kier molecular flexibility index (Phi) is 4.75. The van der Waals surface area contributed by atoms with Crippen molar-refractivity contribution in [3.8, 4) is 10.6 Å². The molecule has 2 aromatic carbocycles. The van der Waals surface area contributed by atoms with Gasteiger partial charge in [-0.1, -0.05) is 54.9 Å². The van der Waals surface area contributed by atoms with E-state index < -0.39 is 0 Å². The van der Waals surface area contributed by atoms with Crippen molar-refractivity contribution in [1.82, 2.24) is 4.57 Å². The van der Waals surface area contributed by atoms with Crippen LogP contribution in [0.3, 0.4) is 0 Å². The summed E-state index contributed by atoms with van der Waals surface area (Å²) in [5.74, 6) is 0. The van der Waals surface area contributed by atoms with E-state index in [0.717, 1.165) is 27.8 Å². The number of halogens is 1. The smallest absolute Gasteiger partial charge is 0.190 e. The average Bonchev–Trinajstić information content (AvgIpc) is 3.22. The van der Waals surface area contributed by atoms with Crippen molar-refractivity contribution in [2.45, 2.75) is 19.9 Å². The molecule has 2 nitrogen and oxygen atoms in total. The predicted molar refractivity (Wildman–Crippen MR) is 110 cm³/mol. The first-order valence-electron chi connectivity index (χ1n) is 8.23. The number of aromatic nitrogens is 1. The molecular formula is C20H17ClN2S2. The van der Waals surface area contributed by atoms with Gasteiger partial charge >= 0.3 is 0 Å². The summed E-state index contributed by atoms with van der Waals surface area (Å²) in [7, 11) is 0. The molecule has 126 valence electrons. The van der Waals surface area contributed by atoms with Crippen LogP contribution < -0.4 is 4.80 Å². The molecular weight excluding hydrogens is 368 g/mol. The van der Waals surface area contributed by atoms with Gasteiger partial charge in [0.1, 0.15) is 0 Å². The molecule has 0 bridgehead atoms. The van der Waals surface area contributed by atoms with Gasteiger partial charge in [0.15, 0.2) is 4.80 Å². The highest BCUT2D eigenvalue weighted by Gasteiger charge is 2.10. The van der Waals surface area contributed by atoms with E-state index in [0.29, 0.717) is 0 Å². The van der Waals surface area contributed by atoms with Crippen LogP contribution in [0.4, 0.5) is 5.69 Å². The standard InChI is InChI=1S/C20H17ClN2S2/c1-2-12-23-17(18-10-11-19(21)25-18)13-24-20(23)22-16-9-5-7-14-6-3-4-8-15(14)16/h3-11,13H,2,12H2,1H3. The molecule has 0 saturated heterocycles. The number of rotatable bonds is 4. The number of thiophene rings is 1. The SMILES string of the molecule is CCCn1c(-c2ccc(Cl)s2)csc1=Nc1cccc2ccccc12. The van der Waals surface area contributed by atoms with Crippen molar-refractivity contribution in [1.29, 1.82) is 0 Å². The molecule has 25 heavy (non-hydrogen) atoms. The first-order valence-corrected chi connectivity index (χ1v) is 10.3. The summed E-state index contributed by atoms with van der Waals surface area (Å²) >= 11 is 9.43. The van der Waals surface area contributed by atoms with Gasteiger partial charge in [-0.15, -0.1) is 22.7 Å². The fourth-order valence-corrected chi connectivity index (χ4v) is 5.00. The van der Waals surface area contributed by atoms with E-state index in [4.69, 9.17) is 16.6 Å². The lowest BCUT2D eigenvalue weighted by molar-refractivity contribution is 0.668. The topological polar surface area (TPSA) is 17.3 Å².